The molecule has 0 rings (SSSR count). The van der Waals surface area contributed by atoms with Gasteiger partial charge in [-0.25, -0.2) is 0 Å². The van der Waals surface area contributed by atoms with E-state index in [0.29, 0.717) is 0 Å². The maximum Gasteiger partial charge on any atom is 0.300 e. The van der Waals surface area contributed by atoms with Crippen molar-refractivity contribution >= 4 is 5.97 Å². The summed E-state index contributed by atoms with van der Waals surface area (Å²) in [5.41, 5.74) is 0. The number of hydrogen-bond acceptors (Lipinski definition) is 1. The first-order valence-corrected chi connectivity index (χ1v) is 0.928. The quantitative estimate of drug-likeness (QED) is 0.582. The molecule has 0 heterocycles. The molecular weight excluding hydrogens is 206 g/mol. The van der Waals surface area contributed by atoms with Crippen LogP contribution < -0.4 is 0 Å². The second-order valence-electron chi connectivity index (χ2n) is 0.519. The van der Waals surface area contributed by atoms with Crippen molar-refractivity contribution < 1.29 is 53.6 Å². The number of halogens is 1. The molecule has 0 radical (unpaired) electrons. The van der Waals surface area contributed by atoms with Crippen LogP contribution in [0.4, 0.5) is 4.70 Å². The Labute approximate surface area is 66.6 Å². The van der Waals surface area contributed by atoms with Gasteiger partial charge in [0.05, 0.1) is 0 Å². The normalized spacial score (nSPS) is 3.57. The van der Waals surface area contributed by atoms with Gasteiger partial charge >= 0.3 is 0 Å². The third-order valence-electron chi connectivity index (χ3n) is 0. The summed E-state index contributed by atoms with van der Waals surface area (Å²) in [4.78, 5) is 9.00. The summed E-state index contributed by atoms with van der Waals surface area (Å²) >= 11 is 0. The van der Waals surface area contributed by atoms with E-state index in [0.717, 1.165) is 6.92 Å². The van der Waals surface area contributed by atoms with Crippen molar-refractivity contribution in [3.63, 3.8) is 0 Å². The molecule has 0 aliphatic rings. The maximum absolute atomic E-state index is 9.00. The first-order valence-electron chi connectivity index (χ1n) is 0.928. The van der Waals surface area contributed by atoms with E-state index in [1.807, 2.05) is 0 Å². The van der Waals surface area contributed by atoms with Crippen LogP contribution in [-0.2, 0) is 43.8 Å². The van der Waals surface area contributed by atoms with Crippen LogP contribution in [0.25, 0.3) is 0 Å². The van der Waals surface area contributed by atoms with Crippen LogP contribution in [0.3, 0.4) is 0 Å². The molecule has 0 aromatic heterocycles. The summed E-state index contributed by atoms with van der Waals surface area (Å²) in [5, 5.41) is 7.42. The molecule has 0 spiro atoms. The number of aliphatic carboxylic acids is 1. The fourth-order valence-corrected chi connectivity index (χ4v) is 0. The smallest absolute Gasteiger partial charge is 0.300 e. The minimum absolute atomic E-state index is 0. The summed E-state index contributed by atoms with van der Waals surface area (Å²) in [6.45, 7) is 1.08. The van der Waals surface area contributed by atoms with Crippen molar-refractivity contribution in [2.45, 2.75) is 6.92 Å². The molecule has 0 bridgehead atoms. The molecule has 36 valence electrons. The van der Waals surface area contributed by atoms with E-state index in [4.69, 9.17) is 9.90 Å². The van der Waals surface area contributed by atoms with Crippen LogP contribution >= 0.6 is 0 Å². The molecule has 2 nitrogen and oxygen atoms in total. The number of rotatable bonds is 0. The zero-order valence-corrected chi connectivity index (χ0v) is 10.1. The van der Waals surface area contributed by atoms with Gasteiger partial charge in [-0.2, -0.15) is 0 Å². The van der Waals surface area contributed by atoms with Gasteiger partial charge in [-0.05, 0) is 0 Å². The Morgan fingerprint density at radius 1 is 1.43 bits per heavy atom. The fourth-order valence-electron chi connectivity index (χ4n) is 0. The summed E-state index contributed by atoms with van der Waals surface area (Å²) in [5.74, 6) is -0.833. The maximum atomic E-state index is 9.00. The second kappa shape index (κ2) is 15.9. The van der Waals surface area contributed by atoms with Gasteiger partial charge in [0.15, 0.2) is 0 Å². The van der Waals surface area contributed by atoms with Gasteiger partial charge in [0.25, 0.3) is 5.97 Å². The Hall–Kier alpha value is 0.647. The van der Waals surface area contributed by atoms with Crippen LogP contribution in [0.1, 0.15) is 6.92 Å². The predicted molar refractivity (Wildman–Crippen MR) is 15.8 cm³/mol. The van der Waals surface area contributed by atoms with Crippen molar-refractivity contribution in [1.29, 1.82) is 0 Å². The van der Waals surface area contributed by atoms with Crippen molar-refractivity contribution in [1.82, 2.24) is 0 Å². The summed E-state index contributed by atoms with van der Waals surface area (Å²) < 4.78 is 0. The van der Waals surface area contributed by atoms with Gasteiger partial charge in [0.1, 0.15) is 0 Å². The third-order valence-corrected chi connectivity index (χ3v) is 0. The number of carboxylic acids is 1. The number of hydrogen-bond donors (Lipinski definition) is 1. The first-order chi connectivity index (χ1) is 1.73. The average molecular weight is 211 g/mol. The van der Waals surface area contributed by atoms with E-state index in [1.54, 1.807) is 0 Å². The molecule has 0 saturated carbocycles. The molecule has 5 heteroatoms. The molecule has 0 saturated heterocycles. The van der Waals surface area contributed by atoms with Crippen molar-refractivity contribution in [3.8, 4) is 0 Å². The fraction of sp³-hybridized carbons (Fsp3) is 0.500. The van der Waals surface area contributed by atoms with Gasteiger partial charge < -0.3 is 5.11 Å². The first kappa shape index (κ1) is 25.4. The Bertz CT molecular complexity index is 36.7. The molecule has 0 aromatic rings. The standard InChI is InChI=1S/C2H4O2.FH.2Zn/c1-2(3)4;;;/h1H3,(H,3,4);1H;;. The monoisotopic (exact) mass is 208 g/mol. The summed E-state index contributed by atoms with van der Waals surface area (Å²) in [6.07, 6.45) is 0. The zero-order chi connectivity index (χ0) is 3.58. The second-order valence-corrected chi connectivity index (χ2v) is 0.519. The molecule has 0 unspecified atom stereocenters. The Balaban J connectivity index is -0.0000000150. The molecule has 7 heavy (non-hydrogen) atoms. The largest absolute Gasteiger partial charge is 0.481 e. The van der Waals surface area contributed by atoms with Gasteiger partial charge in [-0.1, -0.05) is 0 Å². The van der Waals surface area contributed by atoms with Crippen LogP contribution in [0.15, 0.2) is 0 Å². The molecule has 1 N–H and O–H groups in total. The van der Waals surface area contributed by atoms with Gasteiger partial charge in [0, 0.05) is 45.9 Å². The van der Waals surface area contributed by atoms with Gasteiger partial charge in [-0.15, -0.1) is 0 Å². The average Bonchev–Trinajstić information content (AvgIpc) is 0.811. The van der Waals surface area contributed by atoms with Crippen LogP contribution in [0, 0.1) is 0 Å². The molecule has 0 aliphatic carbocycles. The van der Waals surface area contributed by atoms with E-state index in [2.05, 4.69) is 0 Å². The van der Waals surface area contributed by atoms with Crippen molar-refractivity contribution in [2.24, 2.45) is 0 Å². The minimum Gasteiger partial charge on any atom is -0.481 e. The molecule has 0 fully saturated rings. The molecule has 0 atom stereocenters. The SMILES string of the molecule is CC(=O)O.F.[Zn].[Zn]. The minimum atomic E-state index is -0.833. The van der Waals surface area contributed by atoms with Crippen LogP contribution in [0.2, 0.25) is 0 Å². The van der Waals surface area contributed by atoms with Crippen LogP contribution in [-0.4, -0.2) is 11.1 Å². The van der Waals surface area contributed by atoms with E-state index in [-0.39, 0.29) is 43.7 Å². The molecular formula is C2H5FO2Zn2. The predicted octanol–water partition coefficient (Wildman–Crippen LogP) is 0.238. The Kier molecular flexibility index (Phi) is 57.8. The van der Waals surface area contributed by atoms with Gasteiger partial charge in [0.2, 0.25) is 0 Å². The van der Waals surface area contributed by atoms with Crippen molar-refractivity contribution in [2.75, 3.05) is 0 Å². The molecule has 0 amide bonds. The summed E-state index contributed by atoms with van der Waals surface area (Å²) in [7, 11) is 0. The van der Waals surface area contributed by atoms with E-state index in [9.17, 15) is 0 Å². The number of carbonyl (C=O) groups is 1. The van der Waals surface area contributed by atoms with E-state index in [1.165, 1.54) is 0 Å². The van der Waals surface area contributed by atoms with E-state index >= 15 is 0 Å². The topological polar surface area (TPSA) is 37.3 Å². The van der Waals surface area contributed by atoms with Gasteiger partial charge in [-0.3, -0.25) is 9.50 Å². The molecule has 0 aliphatic heterocycles. The summed E-state index contributed by atoms with van der Waals surface area (Å²) in [6, 6.07) is 0. The van der Waals surface area contributed by atoms with Crippen LogP contribution in [0.5, 0.6) is 0 Å². The Morgan fingerprint density at radius 2 is 1.43 bits per heavy atom. The Morgan fingerprint density at radius 3 is 1.43 bits per heavy atom. The van der Waals surface area contributed by atoms with Crippen molar-refractivity contribution in [3.05, 3.63) is 0 Å². The number of carboxylic acid groups (broad SMARTS) is 1. The molecule has 0 aromatic carbocycles. The third kappa shape index (κ3) is 343. The zero-order valence-electron chi connectivity index (χ0n) is 4.18. The van der Waals surface area contributed by atoms with E-state index < -0.39 is 5.97 Å².